The Labute approximate surface area is 258 Å². The van der Waals surface area contributed by atoms with E-state index >= 15 is 0 Å². The van der Waals surface area contributed by atoms with Gasteiger partial charge >= 0.3 is 5.97 Å². The third-order valence-electron chi connectivity index (χ3n) is 6.83. The van der Waals surface area contributed by atoms with Gasteiger partial charge in [0, 0.05) is 26.6 Å². The first-order chi connectivity index (χ1) is 20.5. The van der Waals surface area contributed by atoms with Crippen LogP contribution in [-0.2, 0) is 9.53 Å². The number of rotatable bonds is 7. The van der Waals surface area contributed by atoms with Crippen LogP contribution in [-0.4, -0.2) is 23.4 Å². The van der Waals surface area contributed by atoms with Crippen LogP contribution in [0.15, 0.2) is 120 Å². The Kier molecular flexibility index (Phi) is 8.15. The van der Waals surface area contributed by atoms with Gasteiger partial charge in [-0.3, -0.25) is 9.36 Å². The van der Waals surface area contributed by atoms with Crippen LogP contribution in [0.25, 0.3) is 23.1 Å². The number of halogens is 1. The van der Waals surface area contributed by atoms with E-state index < -0.39 is 12.0 Å². The predicted molar refractivity (Wildman–Crippen MR) is 171 cm³/mol. The summed E-state index contributed by atoms with van der Waals surface area (Å²) in [6.07, 6.45) is 3.74. The van der Waals surface area contributed by atoms with Gasteiger partial charge in [-0.05, 0) is 55.1 Å². The van der Waals surface area contributed by atoms with E-state index in [0.717, 1.165) is 26.1 Å². The van der Waals surface area contributed by atoms with Crippen molar-refractivity contribution in [3.8, 4) is 11.3 Å². The molecule has 0 fully saturated rings. The monoisotopic (exact) mass is 656 g/mol. The van der Waals surface area contributed by atoms with Crippen LogP contribution in [0.1, 0.15) is 29.9 Å². The Morgan fingerprint density at radius 2 is 1.76 bits per heavy atom. The van der Waals surface area contributed by atoms with Crippen LogP contribution in [0.5, 0.6) is 0 Å². The number of hydrogen-bond donors (Lipinski definition) is 0. The molecule has 0 spiro atoms. The number of aromatic nitrogens is 1. The highest BCUT2D eigenvalue weighted by molar-refractivity contribution is 9.10. The van der Waals surface area contributed by atoms with Crippen molar-refractivity contribution in [2.45, 2.75) is 17.9 Å². The Morgan fingerprint density at radius 1 is 1.02 bits per heavy atom. The smallest absolute Gasteiger partial charge is 0.338 e. The maximum Gasteiger partial charge on any atom is 0.338 e. The van der Waals surface area contributed by atoms with Gasteiger partial charge in [-0.2, -0.15) is 0 Å². The Morgan fingerprint density at radius 3 is 2.45 bits per heavy atom. The first-order valence-corrected chi connectivity index (χ1v) is 16.1. The summed E-state index contributed by atoms with van der Waals surface area (Å²) in [4.78, 5) is 34.1. The van der Waals surface area contributed by atoms with Crippen LogP contribution < -0.4 is 14.9 Å². The molecule has 2 aromatic heterocycles. The number of carbonyl (C=O) groups is 1. The van der Waals surface area contributed by atoms with Crippen molar-refractivity contribution in [2.75, 3.05) is 12.9 Å². The van der Waals surface area contributed by atoms with Crippen LogP contribution in [0, 0.1) is 0 Å². The minimum atomic E-state index is -0.719. The Balaban J connectivity index is 1.55. The second kappa shape index (κ2) is 12.1. The molecule has 3 heterocycles. The lowest BCUT2D eigenvalue weighted by Crippen LogP contribution is -2.40. The number of carbonyl (C=O) groups excluding carboxylic acids is 1. The number of benzene rings is 3. The molecule has 0 aliphatic carbocycles. The minimum Gasteiger partial charge on any atom is -0.463 e. The summed E-state index contributed by atoms with van der Waals surface area (Å²) in [5, 5.41) is 0. The molecule has 0 saturated carbocycles. The second-order valence-corrected chi connectivity index (χ2v) is 12.2. The first kappa shape index (κ1) is 28.2. The minimum absolute atomic E-state index is 0.201. The van der Waals surface area contributed by atoms with Crippen molar-refractivity contribution in [3.05, 3.63) is 138 Å². The average molecular weight is 658 g/mol. The topological polar surface area (TPSA) is 73.8 Å². The fourth-order valence-corrected chi connectivity index (χ4v) is 6.52. The van der Waals surface area contributed by atoms with Gasteiger partial charge in [-0.25, -0.2) is 9.79 Å². The maximum absolute atomic E-state index is 14.1. The summed E-state index contributed by atoms with van der Waals surface area (Å²) >= 11 is 6.35. The average Bonchev–Trinajstić information content (AvgIpc) is 3.61. The molecule has 9 heteroatoms. The quantitative estimate of drug-likeness (QED) is 0.144. The highest BCUT2D eigenvalue weighted by Gasteiger charge is 2.35. The molecule has 0 radical (unpaired) electrons. The summed E-state index contributed by atoms with van der Waals surface area (Å²) in [5.74, 6) is 0.745. The number of nitrogens with zero attached hydrogens (tertiary/aromatic N) is 2. The van der Waals surface area contributed by atoms with Gasteiger partial charge in [0.1, 0.15) is 11.5 Å². The van der Waals surface area contributed by atoms with Gasteiger partial charge in [0.05, 0.1) is 28.5 Å². The van der Waals surface area contributed by atoms with Crippen molar-refractivity contribution in [2.24, 2.45) is 4.99 Å². The molecule has 210 valence electrons. The largest absolute Gasteiger partial charge is 0.463 e. The number of thioether (sulfide) groups is 1. The van der Waals surface area contributed by atoms with Gasteiger partial charge in [-0.1, -0.05) is 81.9 Å². The van der Waals surface area contributed by atoms with Crippen LogP contribution >= 0.6 is 39.0 Å². The third-order valence-corrected chi connectivity index (χ3v) is 9.09. The van der Waals surface area contributed by atoms with Gasteiger partial charge in [-0.15, -0.1) is 11.8 Å². The number of hydrogen-bond acceptors (Lipinski definition) is 7. The molecule has 1 atom stereocenters. The summed E-state index contributed by atoms with van der Waals surface area (Å²) in [6.45, 7) is 1.97. The molecule has 0 saturated heterocycles. The van der Waals surface area contributed by atoms with E-state index in [-0.39, 0.29) is 12.2 Å². The molecule has 1 aliphatic rings. The maximum atomic E-state index is 14.1. The Bertz CT molecular complexity index is 1970. The van der Waals surface area contributed by atoms with Gasteiger partial charge in [0.25, 0.3) is 5.56 Å². The second-order valence-electron chi connectivity index (χ2n) is 9.41. The van der Waals surface area contributed by atoms with E-state index in [1.165, 1.54) is 11.3 Å². The van der Waals surface area contributed by atoms with E-state index in [4.69, 9.17) is 14.1 Å². The lowest BCUT2D eigenvalue weighted by Gasteiger charge is -2.26. The van der Waals surface area contributed by atoms with Gasteiger partial charge in [0.2, 0.25) is 0 Å². The van der Waals surface area contributed by atoms with Crippen LogP contribution in [0.2, 0.25) is 0 Å². The fourth-order valence-electron chi connectivity index (χ4n) is 4.87. The van der Waals surface area contributed by atoms with Crippen molar-refractivity contribution in [1.82, 2.24) is 4.57 Å². The van der Waals surface area contributed by atoms with Crippen LogP contribution in [0.3, 0.4) is 0 Å². The zero-order chi connectivity index (χ0) is 29.2. The SMILES string of the molecule is CCOC(=O)C1=C(c2ccccc2)N=c2s/c(=C\c3ccc(-c4ccc(Br)cc4)o3)c(=O)n2[C@@H]1c1ccc(SC)cc1. The summed E-state index contributed by atoms with van der Waals surface area (Å²) in [6, 6.07) is 28.3. The molecule has 1 aliphatic heterocycles. The fraction of sp³-hybridized carbons (Fsp3) is 0.121. The molecule has 6 rings (SSSR count). The standard InChI is InChI=1S/C33H25BrN2O4S2/c1-3-39-32(38)28-29(21-7-5-4-6-8-21)35-33-36(30(28)22-11-16-25(41-2)17-12-22)31(37)27(42-33)19-24-15-18-26(40-24)20-9-13-23(34)14-10-20/h4-19,30H,3H2,1-2H3/b27-19-/t30-/m1/s1. The summed E-state index contributed by atoms with van der Waals surface area (Å²) in [7, 11) is 0. The Hall–Kier alpha value is -3.92. The number of fused-ring (bicyclic) bond motifs is 1. The number of thiazole rings is 1. The molecule has 0 amide bonds. The normalized spacial score (nSPS) is 14.9. The van der Waals surface area contributed by atoms with Crippen molar-refractivity contribution in [1.29, 1.82) is 0 Å². The lowest BCUT2D eigenvalue weighted by molar-refractivity contribution is -0.138. The summed E-state index contributed by atoms with van der Waals surface area (Å²) < 4.78 is 14.7. The number of ether oxygens (including phenoxy) is 1. The molecule has 3 aromatic carbocycles. The number of furan rings is 1. The molecular weight excluding hydrogens is 632 g/mol. The molecule has 5 aromatic rings. The van der Waals surface area contributed by atoms with Gasteiger partial charge in [0.15, 0.2) is 4.80 Å². The third kappa shape index (κ3) is 5.47. The summed E-state index contributed by atoms with van der Waals surface area (Å²) in [5.41, 5.74) is 3.06. The highest BCUT2D eigenvalue weighted by atomic mass is 79.9. The molecule has 0 unspecified atom stereocenters. The zero-order valence-electron chi connectivity index (χ0n) is 22.7. The van der Waals surface area contributed by atoms with E-state index in [1.54, 1.807) is 29.3 Å². The molecular formula is C33H25BrN2O4S2. The predicted octanol–water partition coefficient (Wildman–Crippen LogP) is 6.68. The molecule has 42 heavy (non-hydrogen) atoms. The van der Waals surface area contributed by atoms with E-state index in [0.29, 0.717) is 32.1 Å². The van der Waals surface area contributed by atoms with E-state index in [9.17, 15) is 9.59 Å². The first-order valence-electron chi connectivity index (χ1n) is 13.2. The van der Waals surface area contributed by atoms with Gasteiger partial charge < -0.3 is 9.15 Å². The van der Waals surface area contributed by atoms with Crippen molar-refractivity contribution < 1.29 is 13.9 Å². The van der Waals surface area contributed by atoms with Crippen LogP contribution in [0.4, 0.5) is 0 Å². The van der Waals surface area contributed by atoms with Crippen molar-refractivity contribution >= 4 is 56.8 Å². The number of esters is 1. The highest BCUT2D eigenvalue weighted by Crippen LogP contribution is 2.35. The van der Waals surface area contributed by atoms with E-state index in [2.05, 4.69) is 15.9 Å². The van der Waals surface area contributed by atoms with E-state index in [1.807, 2.05) is 97.3 Å². The molecule has 0 bridgehead atoms. The molecule has 6 nitrogen and oxygen atoms in total. The molecule has 0 N–H and O–H groups in total. The lowest BCUT2D eigenvalue weighted by atomic mass is 9.93. The van der Waals surface area contributed by atoms with Crippen molar-refractivity contribution in [3.63, 3.8) is 0 Å². The zero-order valence-corrected chi connectivity index (χ0v) is 26.0.